The fraction of sp³-hybridized carbons (Fsp3) is 0. The van der Waals surface area contributed by atoms with Gasteiger partial charge in [0, 0.05) is 15.1 Å². The third kappa shape index (κ3) is 3.96. The van der Waals surface area contributed by atoms with E-state index in [9.17, 15) is 9.90 Å². The van der Waals surface area contributed by atoms with Crippen LogP contribution in [0.5, 0.6) is 5.75 Å². The summed E-state index contributed by atoms with van der Waals surface area (Å²) in [7, 11) is 0. The summed E-state index contributed by atoms with van der Waals surface area (Å²) in [6.07, 6.45) is 1.63. The van der Waals surface area contributed by atoms with Gasteiger partial charge in [0.15, 0.2) is 5.17 Å². The number of rotatable bonds is 2. The van der Waals surface area contributed by atoms with Gasteiger partial charge in [-0.15, -0.1) is 0 Å². The lowest BCUT2D eigenvalue weighted by Crippen LogP contribution is -2.19. The highest BCUT2D eigenvalue weighted by Crippen LogP contribution is 2.31. The fourth-order valence-electron chi connectivity index (χ4n) is 1.90. The Bertz CT molecular complexity index is 834. The van der Waals surface area contributed by atoms with Crippen LogP contribution in [0.15, 0.2) is 56.8 Å². The number of aromatic hydroxyl groups is 1. The number of amides is 1. The van der Waals surface area contributed by atoms with Gasteiger partial charge in [0.25, 0.3) is 5.91 Å². The summed E-state index contributed by atoms with van der Waals surface area (Å²) in [5.74, 6) is -0.140. The molecule has 0 atom stereocenters. The molecule has 4 nitrogen and oxygen atoms in total. The molecule has 0 radical (unpaired) electrons. The number of aliphatic imine (C=N–C) groups is 1. The fourth-order valence-corrected chi connectivity index (χ4v) is 3.23. The molecule has 1 aliphatic rings. The van der Waals surface area contributed by atoms with Gasteiger partial charge in [0.2, 0.25) is 0 Å². The summed E-state index contributed by atoms with van der Waals surface area (Å²) < 4.78 is 0.820. The first-order valence-corrected chi connectivity index (χ1v) is 8.54. The highest BCUT2D eigenvalue weighted by molar-refractivity contribution is 9.10. The maximum atomic E-state index is 12.0. The predicted molar refractivity (Wildman–Crippen MR) is 98.1 cm³/mol. The molecule has 116 valence electrons. The number of hydrogen-bond acceptors (Lipinski definition) is 4. The quantitative estimate of drug-likeness (QED) is 0.707. The van der Waals surface area contributed by atoms with E-state index < -0.39 is 0 Å². The molecular weight excluding hydrogens is 400 g/mol. The number of carbonyl (C=O) groups is 1. The first kappa shape index (κ1) is 16.1. The van der Waals surface area contributed by atoms with Gasteiger partial charge in [-0.3, -0.25) is 4.79 Å². The number of nitrogens with one attached hydrogen (secondary N) is 1. The zero-order chi connectivity index (χ0) is 16.4. The van der Waals surface area contributed by atoms with Crippen molar-refractivity contribution in [3.05, 3.63) is 62.4 Å². The van der Waals surface area contributed by atoms with Crippen molar-refractivity contribution in [1.82, 2.24) is 5.32 Å². The molecule has 0 aliphatic carbocycles. The summed E-state index contributed by atoms with van der Waals surface area (Å²) in [6.45, 7) is 0. The van der Waals surface area contributed by atoms with E-state index in [4.69, 9.17) is 11.6 Å². The van der Waals surface area contributed by atoms with E-state index in [2.05, 4.69) is 26.2 Å². The minimum Gasteiger partial charge on any atom is -0.507 e. The van der Waals surface area contributed by atoms with E-state index in [1.807, 2.05) is 0 Å². The Kier molecular flexibility index (Phi) is 4.75. The second kappa shape index (κ2) is 6.78. The number of hydrogen-bond donors (Lipinski definition) is 2. The maximum absolute atomic E-state index is 12.0. The molecule has 0 bridgehead atoms. The molecule has 2 aromatic carbocycles. The van der Waals surface area contributed by atoms with Gasteiger partial charge in [0.05, 0.1) is 10.6 Å². The van der Waals surface area contributed by atoms with Crippen molar-refractivity contribution in [2.75, 3.05) is 0 Å². The summed E-state index contributed by atoms with van der Waals surface area (Å²) in [6, 6.07) is 12.0. The van der Waals surface area contributed by atoms with Crippen molar-refractivity contribution in [2.24, 2.45) is 4.99 Å². The molecule has 1 amide bonds. The molecule has 0 aromatic heterocycles. The Morgan fingerprint density at radius 1 is 1.22 bits per heavy atom. The van der Waals surface area contributed by atoms with Gasteiger partial charge < -0.3 is 10.4 Å². The van der Waals surface area contributed by atoms with E-state index in [-0.39, 0.29) is 11.7 Å². The van der Waals surface area contributed by atoms with Crippen molar-refractivity contribution in [3.8, 4) is 5.75 Å². The van der Waals surface area contributed by atoms with Crippen molar-refractivity contribution in [1.29, 1.82) is 0 Å². The Morgan fingerprint density at radius 3 is 2.70 bits per heavy atom. The lowest BCUT2D eigenvalue weighted by Gasteiger charge is -2.00. The van der Waals surface area contributed by atoms with E-state index >= 15 is 0 Å². The van der Waals surface area contributed by atoms with Crippen LogP contribution >= 0.6 is 39.3 Å². The number of carbonyl (C=O) groups excluding carboxylic acids is 1. The van der Waals surface area contributed by atoms with Crippen molar-refractivity contribution in [3.63, 3.8) is 0 Å². The first-order valence-electron chi connectivity index (χ1n) is 6.55. The third-order valence-electron chi connectivity index (χ3n) is 2.98. The largest absolute Gasteiger partial charge is 0.507 e. The van der Waals surface area contributed by atoms with Gasteiger partial charge >= 0.3 is 0 Å². The zero-order valence-corrected chi connectivity index (χ0v) is 14.7. The van der Waals surface area contributed by atoms with E-state index in [0.29, 0.717) is 26.3 Å². The Labute approximate surface area is 150 Å². The summed E-state index contributed by atoms with van der Waals surface area (Å²) in [4.78, 5) is 16.9. The number of nitrogens with zero attached hydrogens (tertiary/aromatic N) is 1. The average molecular weight is 410 g/mol. The van der Waals surface area contributed by atoms with Crippen molar-refractivity contribution in [2.45, 2.75) is 0 Å². The number of benzene rings is 2. The smallest absolute Gasteiger partial charge is 0.264 e. The molecule has 1 fully saturated rings. The second-order valence-corrected chi connectivity index (χ2v) is 7.04. The van der Waals surface area contributed by atoms with Gasteiger partial charge in [0.1, 0.15) is 5.75 Å². The minimum atomic E-state index is -0.248. The second-order valence-electron chi connectivity index (χ2n) is 4.66. The predicted octanol–water partition coefficient (Wildman–Crippen LogP) is 4.70. The standard InChI is InChI=1S/C16H10BrClN2O2S/c17-10-1-6-13(21)9(7-10)8-14-15(22)20-16(23-14)19-12-4-2-11(18)3-5-12/h1-8,21H,(H,19,20,22)/b14-8-. The molecule has 7 heteroatoms. The molecule has 1 saturated heterocycles. The van der Waals surface area contributed by atoms with Crippen LogP contribution in [-0.4, -0.2) is 16.2 Å². The molecule has 1 heterocycles. The molecule has 2 aromatic rings. The van der Waals surface area contributed by atoms with Gasteiger partial charge in [-0.05, 0) is 60.3 Å². The molecule has 0 unspecified atom stereocenters. The summed E-state index contributed by atoms with van der Waals surface area (Å²) >= 11 is 10.4. The topological polar surface area (TPSA) is 61.7 Å². The van der Waals surface area contributed by atoms with Crippen LogP contribution in [0.2, 0.25) is 5.02 Å². The van der Waals surface area contributed by atoms with Crippen LogP contribution < -0.4 is 5.32 Å². The monoisotopic (exact) mass is 408 g/mol. The average Bonchev–Trinajstić information content (AvgIpc) is 2.85. The Morgan fingerprint density at radius 2 is 1.96 bits per heavy atom. The van der Waals surface area contributed by atoms with Crippen LogP contribution in [0.3, 0.4) is 0 Å². The molecular formula is C16H10BrClN2O2S. The normalized spacial score (nSPS) is 17.7. The van der Waals surface area contributed by atoms with Crippen LogP contribution in [0.1, 0.15) is 5.56 Å². The SMILES string of the molecule is O=C1NC(=Nc2ccc(Cl)cc2)S/C1=C\c1cc(Br)ccc1O. The molecule has 23 heavy (non-hydrogen) atoms. The van der Waals surface area contributed by atoms with Crippen LogP contribution in [0.4, 0.5) is 5.69 Å². The van der Waals surface area contributed by atoms with Crippen LogP contribution in [0.25, 0.3) is 6.08 Å². The Balaban J connectivity index is 1.86. The molecule has 0 saturated carbocycles. The maximum Gasteiger partial charge on any atom is 0.264 e. The lowest BCUT2D eigenvalue weighted by atomic mass is 10.2. The van der Waals surface area contributed by atoms with E-state index in [1.165, 1.54) is 11.8 Å². The minimum absolute atomic E-state index is 0.109. The van der Waals surface area contributed by atoms with Gasteiger partial charge in [-0.25, -0.2) is 4.99 Å². The molecule has 3 rings (SSSR count). The van der Waals surface area contributed by atoms with Gasteiger partial charge in [-0.1, -0.05) is 27.5 Å². The van der Waals surface area contributed by atoms with E-state index in [0.717, 1.165) is 4.47 Å². The summed E-state index contributed by atoms with van der Waals surface area (Å²) in [5, 5.41) is 13.7. The van der Waals surface area contributed by atoms with Gasteiger partial charge in [-0.2, -0.15) is 0 Å². The molecule has 2 N–H and O–H groups in total. The first-order chi connectivity index (χ1) is 11.0. The van der Waals surface area contributed by atoms with Crippen LogP contribution in [-0.2, 0) is 4.79 Å². The number of thioether (sulfide) groups is 1. The lowest BCUT2D eigenvalue weighted by molar-refractivity contribution is -0.115. The zero-order valence-electron chi connectivity index (χ0n) is 11.6. The van der Waals surface area contributed by atoms with E-state index in [1.54, 1.807) is 48.5 Å². The number of halogens is 2. The highest BCUT2D eigenvalue weighted by Gasteiger charge is 2.24. The van der Waals surface area contributed by atoms with Crippen LogP contribution in [0, 0.1) is 0 Å². The number of phenolic OH excluding ortho intramolecular Hbond substituents is 1. The van der Waals surface area contributed by atoms with Crippen molar-refractivity contribution >= 4 is 62.1 Å². The number of amidine groups is 1. The summed E-state index contributed by atoms with van der Waals surface area (Å²) in [5.41, 5.74) is 1.26. The molecule has 1 aliphatic heterocycles. The number of phenols is 1. The van der Waals surface area contributed by atoms with Crippen molar-refractivity contribution < 1.29 is 9.90 Å². The molecule has 0 spiro atoms. The Hall–Kier alpha value is -1.76. The highest BCUT2D eigenvalue weighted by atomic mass is 79.9. The third-order valence-corrected chi connectivity index (χ3v) is 4.64.